The lowest BCUT2D eigenvalue weighted by Crippen LogP contribution is -1.93. The minimum Gasteiger partial charge on any atom is -0.259 e. The van der Waals surface area contributed by atoms with E-state index in [9.17, 15) is 10.1 Å². The van der Waals surface area contributed by atoms with Gasteiger partial charge in [0.2, 0.25) is 6.20 Å². The highest BCUT2D eigenvalue weighted by molar-refractivity contribution is 6.30. The molecule has 0 unspecified atom stereocenters. The van der Waals surface area contributed by atoms with Crippen LogP contribution in [0.1, 0.15) is 11.1 Å². The van der Waals surface area contributed by atoms with Gasteiger partial charge in [0.15, 0.2) is 0 Å². The fourth-order valence-electron chi connectivity index (χ4n) is 1.67. The van der Waals surface area contributed by atoms with E-state index in [1.165, 1.54) is 0 Å². The molecule has 0 aromatic heterocycles. The van der Waals surface area contributed by atoms with Gasteiger partial charge in [0, 0.05) is 5.02 Å². The van der Waals surface area contributed by atoms with E-state index in [-0.39, 0.29) is 0 Å². The van der Waals surface area contributed by atoms with Crippen LogP contribution in [-0.4, -0.2) is 4.92 Å². The SMILES string of the molecule is O=[N+]([O-])/C=C(\c1ccccc1)c1ccc(Cl)cc1. The van der Waals surface area contributed by atoms with E-state index in [0.717, 1.165) is 17.3 Å². The number of rotatable bonds is 3. The van der Waals surface area contributed by atoms with Gasteiger partial charge in [-0.2, -0.15) is 0 Å². The Morgan fingerprint density at radius 1 is 1.00 bits per heavy atom. The number of nitrogens with zero attached hydrogens (tertiary/aromatic N) is 1. The van der Waals surface area contributed by atoms with Crippen molar-refractivity contribution in [2.24, 2.45) is 0 Å². The van der Waals surface area contributed by atoms with Crippen molar-refractivity contribution in [3.63, 3.8) is 0 Å². The highest BCUT2D eigenvalue weighted by Crippen LogP contribution is 2.24. The molecule has 4 heteroatoms. The lowest BCUT2D eigenvalue weighted by Gasteiger charge is -2.05. The van der Waals surface area contributed by atoms with E-state index in [1.54, 1.807) is 24.3 Å². The zero-order chi connectivity index (χ0) is 13.0. The van der Waals surface area contributed by atoms with Crippen molar-refractivity contribution in [3.05, 3.63) is 87.1 Å². The first kappa shape index (κ1) is 12.3. The van der Waals surface area contributed by atoms with Crippen molar-refractivity contribution in [1.29, 1.82) is 0 Å². The Labute approximate surface area is 109 Å². The fourth-order valence-corrected chi connectivity index (χ4v) is 1.79. The topological polar surface area (TPSA) is 43.1 Å². The molecule has 0 radical (unpaired) electrons. The summed E-state index contributed by atoms with van der Waals surface area (Å²) in [5, 5.41) is 11.3. The summed E-state index contributed by atoms with van der Waals surface area (Å²) in [5.41, 5.74) is 2.14. The molecule has 3 nitrogen and oxygen atoms in total. The van der Waals surface area contributed by atoms with Crippen molar-refractivity contribution in [2.75, 3.05) is 0 Å². The van der Waals surface area contributed by atoms with Crippen LogP contribution < -0.4 is 0 Å². The maximum atomic E-state index is 10.7. The van der Waals surface area contributed by atoms with Gasteiger partial charge in [-0.3, -0.25) is 10.1 Å². The minimum atomic E-state index is -0.447. The molecule has 0 fully saturated rings. The molecule has 0 bridgehead atoms. The van der Waals surface area contributed by atoms with Gasteiger partial charge in [-0.15, -0.1) is 0 Å². The molecular weight excluding hydrogens is 250 g/mol. The molecule has 0 amide bonds. The van der Waals surface area contributed by atoms with Gasteiger partial charge in [0.05, 0.1) is 10.5 Å². The zero-order valence-corrected chi connectivity index (χ0v) is 10.2. The fraction of sp³-hybridized carbons (Fsp3) is 0. The van der Waals surface area contributed by atoms with Crippen LogP contribution in [0.2, 0.25) is 5.02 Å². The van der Waals surface area contributed by atoms with Crippen molar-refractivity contribution < 1.29 is 4.92 Å². The van der Waals surface area contributed by atoms with Gasteiger partial charge in [0.25, 0.3) is 0 Å². The molecule has 0 spiro atoms. The summed E-state index contributed by atoms with van der Waals surface area (Å²) >= 11 is 5.81. The molecule has 2 aromatic carbocycles. The Morgan fingerprint density at radius 2 is 1.56 bits per heavy atom. The van der Waals surface area contributed by atoms with Crippen LogP contribution in [-0.2, 0) is 0 Å². The van der Waals surface area contributed by atoms with Crippen LogP contribution in [0.25, 0.3) is 5.57 Å². The number of nitro groups is 1. The van der Waals surface area contributed by atoms with Crippen molar-refractivity contribution >= 4 is 17.2 Å². The summed E-state index contributed by atoms with van der Waals surface area (Å²) < 4.78 is 0. The average Bonchev–Trinajstić information content (AvgIpc) is 2.38. The summed E-state index contributed by atoms with van der Waals surface area (Å²) in [7, 11) is 0. The Kier molecular flexibility index (Phi) is 3.75. The molecule has 2 rings (SSSR count). The second-order valence-electron chi connectivity index (χ2n) is 3.70. The largest absolute Gasteiger partial charge is 0.259 e. The lowest BCUT2D eigenvalue weighted by atomic mass is 9.99. The van der Waals surface area contributed by atoms with E-state index in [1.807, 2.05) is 30.3 Å². The summed E-state index contributed by atoms with van der Waals surface area (Å²) in [6.07, 6.45) is 1.01. The summed E-state index contributed by atoms with van der Waals surface area (Å²) in [6, 6.07) is 16.2. The Balaban J connectivity index is 2.51. The number of halogens is 1. The van der Waals surface area contributed by atoms with Crippen LogP contribution in [0.5, 0.6) is 0 Å². The zero-order valence-electron chi connectivity index (χ0n) is 9.42. The third-order valence-corrected chi connectivity index (χ3v) is 2.73. The van der Waals surface area contributed by atoms with E-state index in [2.05, 4.69) is 0 Å². The number of hydrogen-bond acceptors (Lipinski definition) is 2. The van der Waals surface area contributed by atoms with E-state index in [0.29, 0.717) is 10.6 Å². The summed E-state index contributed by atoms with van der Waals surface area (Å²) in [5.74, 6) is 0. The molecule has 18 heavy (non-hydrogen) atoms. The Hall–Kier alpha value is -2.13. The van der Waals surface area contributed by atoms with Crippen molar-refractivity contribution in [1.82, 2.24) is 0 Å². The number of benzene rings is 2. The smallest absolute Gasteiger partial charge is 0.242 e. The lowest BCUT2D eigenvalue weighted by molar-refractivity contribution is -0.401. The van der Waals surface area contributed by atoms with Crippen LogP contribution in [0, 0.1) is 10.1 Å². The van der Waals surface area contributed by atoms with Gasteiger partial charge >= 0.3 is 0 Å². The molecule has 0 aliphatic carbocycles. The molecule has 0 saturated carbocycles. The monoisotopic (exact) mass is 259 g/mol. The predicted octanol–water partition coefficient (Wildman–Crippen LogP) is 4.01. The van der Waals surface area contributed by atoms with E-state index >= 15 is 0 Å². The van der Waals surface area contributed by atoms with Gasteiger partial charge in [-0.05, 0) is 23.3 Å². The van der Waals surface area contributed by atoms with Crippen LogP contribution in [0.4, 0.5) is 0 Å². The molecule has 0 N–H and O–H groups in total. The van der Waals surface area contributed by atoms with Crippen molar-refractivity contribution in [2.45, 2.75) is 0 Å². The van der Waals surface area contributed by atoms with Crippen LogP contribution >= 0.6 is 11.6 Å². The molecule has 0 saturated heterocycles. The molecule has 0 heterocycles. The normalized spacial score (nSPS) is 11.3. The highest BCUT2D eigenvalue weighted by atomic mass is 35.5. The number of hydrogen-bond donors (Lipinski definition) is 0. The van der Waals surface area contributed by atoms with Crippen LogP contribution in [0.15, 0.2) is 60.8 Å². The average molecular weight is 260 g/mol. The second kappa shape index (κ2) is 5.47. The van der Waals surface area contributed by atoms with Gasteiger partial charge in [0.1, 0.15) is 0 Å². The molecule has 2 aromatic rings. The second-order valence-corrected chi connectivity index (χ2v) is 4.14. The first-order valence-corrected chi connectivity index (χ1v) is 5.71. The first-order valence-electron chi connectivity index (χ1n) is 5.33. The highest BCUT2D eigenvalue weighted by Gasteiger charge is 2.09. The van der Waals surface area contributed by atoms with Gasteiger partial charge in [-0.1, -0.05) is 54.1 Å². The first-order chi connectivity index (χ1) is 8.66. The molecule has 0 aliphatic heterocycles. The quantitative estimate of drug-likeness (QED) is 0.617. The summed E-state index contributed by atoms with van der Waals surface area (Å²) in [6.45, 7) is 0. The standard InChI is InChI=1S/C14H10ClNO2/c15-13-8-6-12(7-9-13)14(10-16(17)18)11-4-2-1-3-5-11/h1-10H/b14-10+. The maximum Gasteiger partial charge on any atom is 0.242 e. The maximum absolute atomic E-state index is 10.7. The third-order valence-electron chi connectivity index (χ3n) is 2.47. The predicted molar refractivity (Wildman–Crippen MR) is 72.0 cm³/mol. The summed E-state index contributed by atoms with van der Waals surface area (Å²) in [4.78, 5) is 10.3. The van der Waals surface area contributed by atoms with E-state index in [4.69, 9.17) is 11.6 Å². The van der Waals surface area contributed by atoms with Gasteiger partial charge in [-0.25, -0.2) is 0 Å². The van der Waals surface area contributed by atoms with Crippen molar-refractivity contribution in [3.8, 4) is 0 Å². The molecular formula is C14H10ClNO2. The van der Waals surface area contributed by atoms with Gasteiger partial charge < -0.3 is 0 Å². The Bertz CT molecular complexity index is 577. The molecule has 0 aliphatic rings. The van der Waals surface area contributed by atoms with Crippen LogP contribution in [0.3, 0.4) is 0 Å². The molecule has 0 atom stereocenters. The van der Waals surface area contributed by atoms with E-state index < -0.39 is 4.92 Å². The minimum absolute atomic E-state index is 0.447. The third kappa shape index (κ3) is 2.96. The molecule has 90 valence electrons. The Morgan fingerprint density at radius 3 is 2.11 bits per heavy atom.